The third-order valence-corrected chi connectivity index (χ3v) is 10.9. The van der Waals surface area contributed by atoms with Crippen LogP contribution in [0.5, 0.6) is 0 Å². The van der Waals surface area contributed by atoms with Gasteiger partial charge in [0.25, 0.3) is 0 Å². The molecule has 0 atom stereocenters. The second-order valence-electron chi connectivity index (χ2n) is 12.5. The molecule has 0 nitrogen and oxygen atoms in total. The van der Waals surface area contributed by atoms with Crippen molar-refractivity contribution in [3.63, 3.8) is 0 Å². The van der Waals surface area contributed by atoms with Crippen LogP contribution in [0.25, 0.3) is 96.6 Å². The van der Waals surface area contributed by atoms with Crippen LogP contribution in [0.3, 0.4) is 0 Å². The molecule has 47 heavy (non-hydrogen) atoms. The van der Waals surface area contributed by atoms with Crippen LogP contribution >= 0.6 is 11.3 Å². The van der Waals surface area contributed by atoms with Crippen LogP contribution in [-0.2, 0) is 0 Å². The van der Waals surface area contributed by atoms with E-state index in [1.54, 1.807) is 0 Å². The molecule has 0 bridgehead atoms. The number of hydrogen-bond donors (Lipinski definition) is 0. The topological polar surface area (TPSA) is 0 Å². The SMILES string of the molecule is c1ccc(-c2c3ccccc3c(-c3ccc4cc(-c5cccc6cc7c(cc56)sc5ccccc57)ccc4c3)c3ccccc23)cc1. The van der Waals surface area contributed by atoms with Gasteiger partial charge in [-0.05, 0) is 107 Å². The van der Waals surface area contributed by atoms with Gasteiger partial charge in [-0.3, -0.25) is 0 Å². The molecule has 0 fully saturated rings. The first-order valence-electron chi connectivity index (χ1n) is 16.2. The lowest BCUT2D eigenvalue weighted by atomic mass is 9.85. The van der Waals surface area contributed by atoms with Gasteiger partial charge in [-0.1, -0.05) is 140 Å². The van der Waals surface area contributed by atoms with Crippen molar-refractivity contribution >= 4 is 74.6 Å². The summed E-state index contributed by atoms with van der Waals surface area (Å²) < 4.78 is 2.69. The van der Waals surface area contributed by atoms with E-state index in [4.69, 9.17) is 0 Å². The zero-order valence-electron chi connectivity index (χ0n) is 25.6. The first-order chi connectivity index (χ1) is 23.3. The molecule has 0 amide bonds. The molecule has 9 aromatic carbocycles. The largest absolute Gasteiger partial charge is 0.135 e. The molecular formula is C46H28S. The Hall–Kier alpha value is -5.76. The second kappa shape index (κ2) is 10.4. The lowest BCUT2D eigenvalue weighted by Gasteiger charge is -2.18. The van der Waals surface area contributed by atoms with Gasteiger partial charge in [0.1, 0.15) is 0 Å². The maximum atomic E-state index is 2.40. The van der Waals surface area contributed by atoms with E-state index in [2.05, 4.69) is 170 Å². The second-order valence-corrected chi connectivity index (χ2v) is 13.5. The molecular weight excluding hydrogens is 585 g/mol. The minimum absolute atomic E-state index is 1.24. The van der Waals surface area contributed by atoms with Crippen molar-refractivity contribution in [1.29, 1.82) is 0 Å². The van der Waals surface area contributed by atoms with Crippen LogP contribution in [0.1, 0.15) is 0 Å². The summed E-state index contributed by atoms with van der Waals surface area (Å²) in [5.74, 6) is 0. The summed E-state index contributed by atoms with van der Waals surface area (Å²) in [6.07, 6.45) is 0. The summed E-state index contributed by atoms with van der Waals surface area (Å²) in [5, 5.41) is 12.9. The fourth-order valence-corrected chi connectivity index (χ4v) is 8.80. The molecule has 0 aliphatic rings. The third kappa shape index (κ3) is 4.14. The Morgan fingerprint density at radius 3 is 1.55 bits per heavy atom. The molecule has 1 heteroatoms. The van der Waals surface area contributed by atoms with Gasteiger partial charge in [0.2, 0.25) is 0 Å². The van der Waals surface area contributed by atoms with E-state index in [1.165, 1.54) is 96.6 Å². The molecule has 218 valence electrons. The van der Waals surface area contributed by atoms with Gasteiger partial charge in [0.05, 0.1) is 0 Å². The zero-order valence-corrected chi connectivity index (χ0v) is 26.4. The molecule has 0 saturated heterocycles. The molecule has 1 aromatic heterocycles. The minimum atomic E-state index is 1.24. The summed E-state index contributed by atoms with van der Waals surface area (Å²) in [6.45, 7) is 0. The van der Waals surface area contributed by atoms with Crippen molar-refractivity contribution in [3.8, 4) is 33.4 Å². The summed E-state index contributed by atoms with van der Waals surface area (Å²) in [7, 11) is 0. The third-order valence-electron chi connectivity index (χ3n) is 9.81. The lowest BCUT2D eigenvalue weighted by Crippen LogP contribution is -1.91. The van der Waals surface area contributed by atoms with Gasteiger partial charge in [-0.25, -0.2) is 0 Å². The lowest BCUT2D eigenvalue weighted by molar-refractivity contribution is 1.66. The van der Waals surface area contributed by atoms with Gasteiger partial charge < -0.3 is 0 Å². The minimum Gasteiger partial charge on any atom is -0.135 e. The van der Waals surface area contributed by atoms with Gasteiger partial charge >= 0.3 is 0 Å². The standard InChI is InChI=1S/C46H28S/c1-2-11-29(12-3-1)45-37-15-4-6-17-39(37)46(40-18-7-5-16-38(40)45)34-24-22-30-25-33(23-21-31(30)26-34)35-19-10-13-32-27-42-36-14-8-9-20-43(36)47-44(42)28-41(32)35/h1-28H. The molecule has 0 unspecified atom stereocenters. The Morgan fingerprint density at radius 1 is 0.277 bits per heavy atom. The summed E-state index contributed by atoms with van der Waals surface area (Å²) in [5.41, 5.74) is 7.62. The highest BCUT2D eigenvalue weighted by Gasteiger charge is 2.17. The fraction of sp³-hybridized carbons (Fsp3) is 0. The first kappa shape index (κ1) is 26.5. The van der Waals surface area contributed by atoms with E-state index in [0.717, 1.165) is 0 Å². The maximum absolute atomic E-state index is 2.40. The summed E-state index contributed by atoms with van der Waals surface area (Å²) >= 11 is 1.88. The maximum Gasteiger partial charge on any atom is 0.0362 e. The smallest absolute Gasteiger partial charge is 0.0362 e. The summed E-state index contributed by atoms with van der Waals surface area (Å²) in [6, 6.07) is 62.7. The van der Waals surface area contributed by atoms with Gasteiger partial charge in [0, 0.05) is 20.2 Å². The van der Waals surface area contributed by atoms with E-state index in [0.29, 0.717) is 0 Å². The molecule has 0 N–H and O–H groups in total. The van der Waals surface area contributed by atoms with Crippen molar-refractivity contribution in [2.24, 2.45) is 0 Å². The van der Waals surface area contributed by atoms with Crippen LogP contribution in [0, 0.1) is 0 Å². The van der Waals surface area contributed by atoms with Crippen molar-refractivity contribution in [2.75, 3.05) is 0 Å². The Kier molecular flexibility index (Phi) is 5.85. The fourth-order valence-electron chi connectivity index (χ4n) is 7.67. The quantitative estimate of drug-likeness (QED) is 0.174. The number of hydrogen-bond acceptors (Lipinski definition) is 1. The predicted octanol–water partition coefficient (Wildman–Crippen LogP) is 13.7. The van der Waals surface area contributed by atoms with Gasteiger partial charge in [-0.2, -0.15) is 0 Å². The Morgan fingerprint density at radius 2 is 0.851 bits per heavy atom. The number of rotatable bonds is 3. The molecule has 0 saturated carbocycles. The van der Waals surface area contributed by atoms with Gasteiger partial charge in [-0.15, -0.1) is 11.3 Å². The average Bonchev–Trinajstić information content (AvgIpc) is 3.50. The zero-order chi connectivity index (χ0) is 30.9. The number of fused-ring (bicyclic) bond motifs is 7. The molecule has 0 spiro atoms. The van der Waals surface area contributed by atoms with E-state index < -0.39 is 0 Å². The molecule has 0 aliphatic heterocycles. The first-order valence-corrected chi connectivity index (χ1v) is 17.0. The Labute approximate surface area is 276 Å². The van der Waals surface area contributed by atoms with E-state index in [1.807, 2.05) is 11.3 Å². The molecule has 10 rings (SSSR count). The highest BCUT2D eigenvalue weighted by molar-refractivity contribution is 7.25. The number of thiophene rings is 1. The van der Waals surface area contributed by atoms with E-state index >= 15 is 0 Å². The highest BCUT2D eigenvalue weighted by Crippen LogP contribution is 2.44. The van der Waals surface area contributed by atoms with Gasteiger partial charge in [0.15, 0.2) is 0 Å². The van der Waals surface area contributed by atoms with Crippen molar-refractivity contribution in [1.82, 2.24) is 0 Å². The monoisotopic (exact) mass is 612 g/mol. The van der Waals surface area contributed by atoms with E-state index in [-0.39, 0.29) is 0 Å². The molecule has 10 aromatic rings. The average molecular weight is 613 g/mol. The van der Waals surface area contributed by atoms with Crippen LogP contribution < -0.4 is 0 Å². The van der Waals surface area contributed by atoms with Crippen LogP contribution in [0.2, 0.25) is 0 Å². The highest BCUT2D eigenvalue weighted by atomic mass is 32.1. The normalized spacial score (nSPS) is 11.8. The van der Waals surface area contributed by atoms with Crippen LogP contribution in [0.4, 0.5) is 0 Å². The van der Waals surface area contributed by atoms with Crippen molar-refractivity contribution < 1.29 is 0 Å². The van der Waals surface area contributed by atoms with Crippen LogP contribution in [0.15, 0.2) is 170 Å². The summed E-state index contributed by atoms with van der Waals surface area (Å²) in [4.78, 5) is 0. The molecule has 0 aliphatic carbocycles. The predicted molar refractivity (Wildman–Crippen MR) is 206 cm³/mol. The van der Waals surface area contributed by atoms with Crippen molar-refractivity contribution in [3.05, 3.63) is 170 Å². The number of benzene rings is 9. The molecule has 0 radical (unpaired) electrons. The van der Waals surface area contributed by atoms with Crippen LogP contribution in [-0.4, -0.2) is 0 Å². The Balaban J connectivity index is 1.14. The van der Waals surface area contributed by atoms with Crippen molar-refractivity contribution in [2.45, 2.75) is 0 Å². The molecule has 1 heterocycles. The Bertz CT molecular complexity index is 2780. The van der Waals surface area contributed by atoms with E-state index in [9.17, 15) is 0 Å².